The third kappa shape index (κ3) is 6.69. The number of benzene rings is 1. The molecule has 2 N–H and O–H groups in total. The molecule has 0 radical (unpaired) electrons. The highest BCUT2D eigenvalue weighted by atomic mass is 32.1. The molecule has 0 aliphatic rings. The minimum absolute atomic E-state index is 0.777. The topological polar surface area (TPSA) is 19.7 Å². The Hall–Kier alpha value is -1.43. The third-order valence-electron chi connectivity index (χ3n) is 3.61. The van der Waals surface area contributed by atoms with Gasteiger partial charge in [-0.05, 0) is 29.2 Å². The van der Waals surface area contributed by atoms with Gasteiger partial charge in [-0.3, -0.25) is 0 Å². The number of thiophene rings is 1. The van der Waals surface area contributed by atoms with E-state index in [9.17, 15) is 0 Å². The van der Waals surface area contributed by atoms with E-state index in [0.29, 0.717) is 0 Å². The molecule has 0 unspecified atom stereocenters. The van der Waals surface area contributed by atoms with Crippen molar-refractivity contribution in [3.05, 3.63) is 58.3 Å². The van der Waals surface area contributed by atoms with Gasteiger partial charge in [-0.2, -0.15) is 0 Å². The second kappa shape index (κ2) is 9.65. The van der Waals surface area contributed by atoms with E-state index in [4.69, 9.17) is 12.2 Å². The monoisotopic (exact) mass is 348 g/mol. The molecule has 0 aliphatic carbocycles. The summed E-state index contributed by atoms with van der Waals surface area (Å²) in [4.78, 5) is 5.11. The summed E-state index contributed by atoms with van der Waals surface area (Å²) in [6.45, 7) is 3.81. The van der Waals surface area contributed by atoms with Gasteiger partial charge in [-0.25, -0.2) is 0 Å². The summed E-state index contributed by atoms with van der Waals surface area (Å²) >= 11 is 7.43. The number of hydrogen-bond donors (Lipinski definition) is 2. The summed E-state index contributed by atoms with van der Waals surface area (Å²) in [5.74, 6) is 0. The Morgan fingerprint density at radius 3 is 2.61 bits per heavy atom. The lowest BCUT2D eigenvalue weighted by atomic mass is 10.2. The molecule has 23 heavy (non-hydrogen) atoms. The smallest absolute Gasteiger partial charge is 0.169 e. The lowest BCUT2D eigenvalue weighted by Gasteiger charge is -2.25. The number of hydrogen-bond acceptors (Lipinski definition) is 2. The molecule has 0 amide bonds. The van der Waals surface area contributed by atoms with E-state index in [1.807, 2.05) is 6.07 Å². The maximum atomic E-state index is 5.64. The molecule has 0 aliphatic heterocycles. The molecule has 1 aromatic carbocycles. The van der Waals surface area contributed by atoms with Crippen LogP contribution in [0.15, 0.2) is 47.8 Å². The van der Waals surface area contributed by atoms with Gasteiger partial charge in [-0.1, -0.05) is 36.4 Å². The van der Waals surface area contributed by atoms with E-state index in [0.717, 1.165) is 37.7 Å². The highest BCUT2D eigenvalue weighted by Gasteiger charge is 2.11. The highest BCUT2D eigenvalue weighted by molar-refractivity contribution is 7.80. The Balaban J connectivity index is 1.89. The summed E-state index contributed by atoms with van der Waals surface area (Å²) < 4.78 is 0. The summed E-state index contributed by atoms with van der Waals surface area (Å²) in [6, 6.07) is 14.7. The van der Waals surface area contributed by atoms with Gasteiger partial charge < -0.3 is 15.1 Å². The molecule has 124 valence electrons. The predicted molar refractivity (Wildman–Crippen MR) is 103 cm³/mol. The molecule has 0 fully saturated rings. The average molecular weight is 349 g/mol. The first-order valence-electron chi connectivity index (χ1n) is 8.03. The van der Waals surface area contributed by atoms with E-state index in [2.05, 4.69) is 66.1 Å². The van der Waals surface area contributed by atoms with E-state index in [1.165, 1.54) is 15.3 Å². The van der Waals surface area contributed by atoms with Crippen molar-refractivity contribution in [1.82, 2.24) is 10.2 Å². The minimum atomic E-state index is 0.777. The number of nitrogens with zero attached hydrogens (tertiary/aromatic N) is 1. The van der Waals surface area contributed by atoms with Crippen molar-refractivity contribution >= 4 is 28.7 Å². The number of thiocarbonyl (C=S) groups is 1. The maximum absolute atomic E-state index is 5.64. The molecule has 0 spiro atoms. The standard InChI is InChI=1S/C18H25N3S2/c1-20(2)11-7-12-21(15-17-10-6-13-23-17)18(22)19-14-16-8-4-3-5-9-16/h3-6,8-10,13H,7,11-12,14-15H2,1-2H3,(H,19,22)/p+1. The van der Waals surface area contributed by atoms with Crippen LogP contribution in [-0.2, 0) is 13.1 Å². The predicted octanol–water partition coefficient (Wildman–Crippen LogP) is 2.16. The summed E-state index contributed by atoms with van der Waals surface area (Å²) in [5.41, 5.74) is 1.25. The van der Waals surface area contributed by atoms with Crippen LogP contribution in [0.5, 0.6) is 0 Å². The van der Waals surface area contributed by atoms with E-state index < -0.39 is 0 Å². The fraction of sp³-hybridized carbons (Fsp3) is 0.389. The fourth-order valence-electron chi connectivity index (χ4n) is 2.35. The Kier molecular flexibility index (Phi) is 7.52. The largest absolute Gasteiger partial charge is 0.358 e. The average Bonchev–Trinajstić information content (AvgIpc) is 3.05. The normalized spacial score (nSPS) is 10.7. The fourth-order valence-corrected chi connectivity index (χ4v) is 3.30. The molecule has 0 saturated carbocycles. The Morgan fingerprint density at radius 1 is 1.17 bits per heavy atom. The zero-order valence-corrected chi connectivity index (χ0v) is 15.6. The molecule has 3 nitrogen and oxygen atoms in total. The van der Waals surface area contributed by atoms with Crippen LogP contribution in [0.2, 0.25) is 0 Å². The van der Waals surface area contributed by atoms with Crippen molar-refractivity contribution < 1.29 is 4.90 Å². The van der Waals surface area contributed by atoms with E-state index >= 15 is 0 Å². The van der Waals surface area contributed by atoms with E-state index in [1.54, 1.807) is 11.3 Å². The SMILES string of the molecule is C[NH+](C)CCCN(Cc1cccs1)C(=S)NCc1ccccc1. The summed E-state index contributed by atoms with van der Waals surface area (Å²) in [6.07, 6.45) is 1.14. The van der Waals surface area contributed by atoms with Crippen LogP contribution in [-0.4, -0.2) is 37.2 Å². The van der Waals surface area contributed by atoms with Crippen LogP contribution in [0.1, 0.15) is 16.9 Å². The number of nitrogens with one attached hydrogen (secondary N) is 2. The van der Waals surface area contributed by atoms with Crippen LogP contribution >= 0.6 is 23.6 Å². The third-order valence-corrected chi connectivity index (χ3v) is 4.87. The lowest BCUT2D eigenvalue weighted by Crippen LogP contribution is -3.05. The molecular formula is C18H26N3S2+. The summed E-state index contributed by atoms with van der Waals surface area (Å²) in [7, 11) is 4.38. The number of quaternary nitrogens is 1. The van der Waals surface area contributed by atoms with Crippen molar-refractivity contribution in [2.75, 3.05) is 27.2 Å². The first kappa shape index (κ1) is 17.9. The molecule has 5 heteroatoms. The van der Waals surface area contributed by atoms with Gasteiger partial charge in [0.2, 0.25) is 0 Å². The number of rotatable bonds is 8. The second-order valence-corrected chi connectivity index (χ2v) is 7.37. The quantitative estimate of drug-likeness (QED) is 0.713. The Morgan fingerprint density at radius 2 is 1.96 bits per heavy atom. The van der Waals surface area contributed by atoms with Gasteiger partial charge in [0.05, 0.1) is 27.2 Å². The van der Waals surface area contributed by atoms with Gasteiger partial charge in [-0.15, -0.1) is 11.3 Å². The van der Waals surface area contributed by atoms with Crippen LogP contribution in [0.4, 0.5) is 0 Å². The van der Waals surface area contributed by atoms with Gasteiger partial charge >= 0.3 is 0 Å². The van der Waals surface area contributed by atoms with Gasteiger partial charge in [0.25, 0.3) is 0 Å². The zero-order valence-electron chi connectivity index (χ0n) is 13.9. The van der Waals surface area contributed by atoms with Gasteiger partial charge in [0.1, 0.15) is 0 Å². The molecular weight excluding hydrogens is 322 g/mol. The second-order valence-electron chi connectivity index (χ2n) is 5.96. The van der Waals surface area contributed by atoms with Crippen LogP contribution in [0, 0.1) is 0 Å². The van der Waals surface area contributed by atoms with Crippen molar-refractivity contribution in [3.8, 4) is 0 Å². The van der Waals surface area contributed by atoms with Crippen LogP contribution < -0.4 is 10.2 Å². The van der Waals surface area contributed by atoms with Crippen molar-refractivity contribution in [2.24, 2.45) is 0 Å². The molecule has 1 aromatic heterocycles. The first-order valence-corrected chi connectivity index (χ1v) is 9.32. The molecule has 2 rings (SSSR count). The molecule has 0 atom stereocenters. The first-order chi connectivity index (χ1) is 11.1. The Labute approximate surface area is 148 Å². The van der Waals surface area contributed by atoms with Crippen molar-refractivity contribution in [2.45, 2.75) is 19.5 Å². The molecule has 1 heterocycles. The Bertz CT molecular complexity index is 567. The zero-order chi connectivity index (χ0) is 16.5. The van der Waals surface area contributed by atoms with Gasteiger partial charge in [0, 0.05) is 24.4 Å². The minimum Gasteiger partial charge on any atom is -0.358 e. The van der Waals surface area contributed by atoms with E-state index in [-0.39, 0.29) is 0 Å². The highest BCUT2D eigenvalue weighted by Crippen LogP contribution is 2.12. The lowest BCUT2D eigenvalue weighted by molar-refractivity contribution is -0.858. The van der Waals surface area contributed by atoms with Gasteiger partial charge in [0.15, 0.2) is 5.11 Å². The molecule has 0 bridgehead atoms. The molecule has 2 aromatic rings. The van der Waals surface area contributed by atoms with Crippen molar-refractivity contribution in [3.63, 3.8) is 0 Å². The van der Waals surface area contributed by atoms with Crippen LogP contribution in [0.25, 0.3) is 0 Å². The van der Waals surface area contributed by atoms with Crippen LogP contribution in [0.3, 0.4) is 0 Å². The maximum Gasteiger partial charge on any atom is 0.169 e. The van der Waals surface area contributed by atoms with Crippen molar-refractivity contribution in [1.29, 1.82) is 0 Å². The molecule has 0 saturated heterocycles. The summed E-state index contributed by atoms with van der Waals surface area (Å²) in [5, 5.41) is 6.37.